The van der Waals surface area contributed by atoms with Gasteiger partial charge in [-0.25, -0.2) is 0 Å². The third-order valence-electron chi connectivity index (χ3n) is 2.25. The summed E-state index contributed by atoms with van der Waals surface area (Å²) in [6, 6.07) is 5.61. The lowest BCUT2D eigenvalue weighted by molar-refractivity contribution is 0.394. The Kier molecular flexibility index (Phi) is 2.76. The van der Waals surface area contributed by atoms with Gasteiger partial charge in [0, 0.05) is 18.7 Å². The highest BCUT2D eigenvalue weighted by molar-refractivity contribution is 5.62. The fourth-order valence-electron chi connectivity index (χ4n) is 1.43. The highest BCUT2D eigenvalue weighted by Gasteiger charge is 2.06. The van der Waals surface area contributed by atoms with Crippen molar-refractivity contribution in [2.75, 3.05) is 14.2 Å². The molecule has 0 N–H and O–H groups in total. The molecule has 1 heterocycles. The van der Waals surface area contributed by atoms with Gasteiger partial charge in [-0.2, -0.15) is 0 Å². The zero-order chi connectivity index (χ0) is 11.5. The highest BCUT2D eigenvalue weighted by atomic mass is 16.5. The summed E-state index contributed by atoms with van der Waals surface area (Å²) in [4.78, 5) is 0. The first-order valence-corrected chi connectivity index (χ1v) is 4.82. The second-order valence-electron chi connectivity index (χ2n) is 3.38. The normalized spacial score (nSPS) is 10.2. The number of aryl methyl sites for hydroxylation is 1. The van der Waals surface area contributed by atoms with Crippen LogP contribution in [0.3, 0.4) is 0 Å². The van der Waals surface area contributed by atoms with Crippen LogP contribution in [-0.2, 0) is 7.05 Å². The van der Waals surface area contributed by atoms with Crippen LogP contribution in [0.15, 0.2) is 24.4 Å². The van der Waals surface area contributed by atoms with Gasteiger partial charge in [-0.3, -0.25) is 4.68 Å². The lowest BCUT2D eigenvalue weighted by Gasteiger charge is -2.06. The molecule has 0 aliphatic heterocycles. The average Bonchev–Trinajstić information content (AvgIpc) is 2.75. The zero-order valence-corrected chi connectivity index (χ0v) is 9.47. The molecule has 1 aromatic carbocycles. The summed E-state index contributed by atoms with van der Waals surface area (Å²) in [6.07, 6.45) is 1.84. The van der Waals surface area contributed by atoms with Crippen LogP contribution in [0, 0.1) is 0 Å². The minimum Gasteiger partial charge on any atom is -0.497 e. The van der Waals surface area contributed by atoms with Crippen LogP contribution in [0.5, 0.6) is 11.5 Å². The van der Waals surface area contributed by atoms with Gasteiger partial charge in [0.15, 0.2) is 0 Å². The smallest absolute Gasteiger partial charge is 0.123 e. The van der Waals surface area contributed by atoms with Gasteiger partial charge in [0.05, 0.1) is 20.4 Å². The maximum atomic E-state index is 5.19. The van der Waals surface area contributed by atoms with E-state index >= 15 is 0 Å². The number of rotatable bonds is 3. The summed E-state index contributed by atoms with van der Waals surface area (Å²) in [5.41, 5.74) is 1.71. The number of hydrogen-bond acceptors (Lipinski definition) is 4. The third-order valence-corrected chi connectivity index (χ3v) is 2.25. The second kappa shape index (κ2) is 4.22. The van der Waals surface area contributed by atoms with Gasteiger partial charge in [-0.15, -0.1) is 5.10 Å². The first-order chi connectivity index (χ1) is 7.72. The SMILES string of the molecule is COc1cc(OC)cc(-c2cn(C)nn2)c1. The minimum absolute atomic E-state index is 0.736. The molecule has 84 valence electrons. The van der Waals surface area contributed by atoms with Crippen LogP contribution in [0.25, 0.3) is 11.3 Å². The maximum Gasteiger partial charge on any atom is 0.123 e. The molecule has 1 aromatic heterocycles. The lowest BCUT2D eigenvalue weighted by atomic mass is 10.1. The molecule has 2 aromatic rings. The molecule has 0 spiro atoms. The molecule has 2 rings (SSSR count). The number of benzene rings is 1. The van der Waals surface area contributed by atoms with Gasteiger partial charge in [-0.05, 0) is 12.1 Å². The summed E-state index contributed by atoms with van der Waals surface area (Å²) in [7, 11) is 5.07. The van der Waals surface area contributed by atoms with Gasteiger partial charge in [-0.1, -0.05) is 5.21 Å². The molecule has 0 aliphatic rings. The molecule has 0 atom stereocenters. The zero-order valence-electron chi connectivity index (χ0n) is 9.47. The summed E-state index contributed by atoms with van der Waals surface area (Å²) in [6.45, 7) is 0. The Labute approximate surface area is 93.6 Å². The first-order valence-electron chi connectivity index (χ1n) is 4.82. The fraction of sp³-hybridized carbons (Fsp3) is 0.273. The Hall–Kier alpha value is -2.04. The maximum absolute atomic E-state index is 5.19. The summed E-state index contributed by atoms with van der Waals surface area (Å²) < 4.78 is 12.0. The van der Waals surface area contributed by atoms with Crippen LogP contribution in [0.2, 0.25) is 0 Å². The van der Waals surface area contributed by atoms with E-state index in [4.69, 9.17) is 9.47 Å². The van der Waals surface area contributed by atoms with Gasteiger partial charge < -0.3 is 9.47 Å². The molecule has 0 saturated carbocycles. The largest absolute Gasteiger partial charge is 0.497 e. The Balaban J connectivity index is 2.47. The predicted octanol–water partition coefficient (Wildman–Crippen LogP) is 1.50. The van der Waals surface area contributed by atoms with Gasteiger partial charge in [0.2, 0.25) is 0 Å². The molecule has 0 amide bonds. The van der Waals surface area contributed by atoms with Gasteiger partial charge >= 0.3 is 0 Å². The van der Waals surface area contributed by atoms with E-state index < -0.39 is 0 Å². The molecular weight excluding hydrogens is 206 g/mol. The van der Waals surface area contributed by atoms with Crippen LogP contribution < -0.4 is 9.47 Å². The van der Waals surface area contributed by atoms with E-state index in [2.05, 4.69) is 10.3 Å². The first kappa shape index (κ1) is 10.5. The standard InChI is InChI=1S/C11H13N3O2/c1-14-7-11(12-13-14)8-4-9(15-2)6-10(5-8)16-3/h4-7H,1-3H3. The lowest BCUT2D eigenvalue weighted by Crippen LogP contribution is -1.88. The molecule has 0 unspecified atom stereocenters. The van der Waals surface area contributed by atoms with E-state index in [1.54, 1.807) is 18.9 Å². The van der Waals surface area contributed by atoms with E-state index in [1.165, 1.54) is 0 Å². The van der Waals surface area contributed by atoms with E-state index in [0.717, 1.165) is 22.8 Å². The molecule has 5 nitrogen and oxygen atoms in total. The number of aromatic nitrogens is 3. The van der Waals surface area contributed by atoms with Crippen LogP contribution in [0.1, 0.15) is 0 Å². The van der Waals surface area contributed by atoms with Crippen LogP contribution in [-0.4, -0.2) is 29.2 Å². The molecular formula is C11H13N3O2. The molecule has 5 heteroatoms. The van der Waals surface area contributed by atoms with Crippen molar-refractivity contribution in [3.63, 3.8) is 0 Å². The topological polar surface area (TPSA) is 49.2 Å². The Bertz CT molecular complexity index is 471. The van der Waals surface area contributed by atoms with E-state index in [-0.39, 0.29) is 0 Å². The van der Waals surface area contributed by atoms with Crippen molar-refractivity contribution < 1.29 is 9.47 Å². The summed E-state index contributed by atoms with van der Waals surface area (Å²) in [5, 5.41) is 7.93. The van der Waals surface area contributed by atoms with E-state index in [9.17, 15) is 0 Å². The number of ether oxygens (including phenoxy) is 2. The monoisotopic (exact) mass is 219 g/mol. The molecule has 0 radical (unpaired) electrons. The van der Waals surface area contributed by atoms with Crippen LogP contribution >= 0.6 is 0 Å². The molecule has 0 fully saturated rings. The highest BCUT2D eigenvalue weighted by Crippen LogP contribution is 2.28. The number of methoxy groups -OCH3 is 2. The van der Waals surface area contributed by atoms with Crippen molar-refractivity contribution in [1.29, 1.82) is 0 Å². The minimum atomic E-state index is 0.736. The van der Waals surface area contributed by atoms with Gasteiger partial charge in [0.25, 0.3) is 0 Å². The number of nitrogens with zero attached hydrogens (tertiary/aromatic N) is 3. The third kappa shape index (κ3) is 1.98. The van der Waals surface area contributed by atoms with Crippen molar-refractivity contribution in [3.05, 3.63) is 24.4 Å². The molecule has 0 bridgehead atoms. The van der Waals surface area contributed by atoms with Crippen LogP contribution in [0.4, 0.5) is 0 Å². The summed E-state index contributed by atoms with van der Waals surface area (Å²) >= 11 is 0. The van der Waals surface area contributed by atoms with E-state index in [1.807, 2.05) is 31.4 Å². The Morgan fingerprint density at radius 2 is 1.69 bits per heavy atom. The fourth-order valence-corrected chi connectivity index (χ4v) is 1.43. The van der Waals surface area contributed by atoms with Crippen molar-refractivity contribution in [2.24, 2.45) is 7.05 Å². The second-order valence-corrected chi connectivity index (χ2v) is 3.38. The predicted molar refractivity (Wildman–Crippen MR) is 59.5 cm³/mol. The Morgan fingerprint density at radius 1 is 1.06 bits per heavy atom. The average molecular weight is 219 g/mol. The van der Waals surface area contributed by atoms with Gasteiger partial charge in [0.1, 0.15) is 17.2 Å². The van der Waals surface area contributed by atoms with Crippen molar-refractivity contribution in [1.82, 2.24) is 15.0 Å². The Morgan fingerprint density at radius 3 is 2.12 bits per heavy atom. The molecule has 0 aliphatic carbocycles. The van der Waals surface area contributed by atoms with Crippen molar-refractivity contribution in [3.8, 4) is 22.8 Å². The summed E-state index contributed by atoms with van der Waals surface area (Å²) in [5.74, 6) is 1.47. The molecule has 16 heavy (non-hydrogen) atoms. The van der Waals surface area contributed by atoms with Crippen molar-refractivity contribution in [2.45, 2.75) is 0 Å². The van der Waals surface area contributed by atoms with E-state index in [0.29, 0.717) is 0 Å². The van der Waals surface area contributed by atoms with Crippen molar-refractivity contribution >= 4 is 0 Å². The molecule has 0 saturated heterocycles. The quantitative estimate of drug-likeness (QED) is 0.785. The number of hydrogen-bond donors (Lipinski definition) is 0.